The fourth-order valence-electron chi connectivity index (χ4n) is 2.10. The maximum atomic E-state index is 3.76. The van der Waals surface area contributed by atoms with Gasteiger partial charge in [0.2, 0.25) is 0 Å². The van der Waals surface area contributed by atoms with Crippen LogP contribution < -0.4 is 10.2 Å². The Labute approximate surface area is 118 Å². The Kier molecular flexibility index (Phi) is 7.27. The first-order valence-corrected chi connectivity index (χ1v) is 7.34. The number of allylic oxidation sites excluding steroid dienone is 1. The predicted octanol–water partition coefficient (Wildman–Crippen LogP) is 4.15. The van der Waals surface area contributed by atoms with Crippen molar-refractivity contribution in [1.82, 2.24) is 5.32 Å². The van der Waals surface area contributed by atoms with Gasteiger partial charge in [0.25, 0.3) is 0 Å². The van der Waals surface area contributed by atoms with Crippen LogP contribution >= 0.6 is 0 Å². The molecule has 1 aromatic carbocycles. The van der Waals surface area contributed by atoms with Crippen molar-refractivity contribution >= 4 is 5.69 Å². The molecule has 0 aliphatic rings. The Morgan fingerprint density at radius 2 is 2.00 bits per heavy atom. The summed E-state index contributed by atoms with van der Waals surface area (Å²) in [5.74, 6) is 0. The van der Waals surface area contributed by atoms with Crippen LogP contribution in [0, 0.1) is 0 Å². The van der Waals surface area contributed by atoms with Gasteiger partial charge in [-0.25, -0.2) is 0 Å². The second-order valence-corrected chi connectivity index (χ2v) is 5.12. The average molecular weight is 260 g/mol. The van der Waals surface area contributed by atoms with Crippen LogP contribution in [0.3, 0.4) is 0 Å². The Hall–Kier alpha value is -1.28. The van der Waals surface area contributed by atoms with Gasteiger partial charge in [-0.3, -0.25) is 0 Å². The van der Waals surface area contributed by atoms with Crippen LogP contribution in [0.1, 0.15) is 44.7 Å². The summed E-state index contributed by atoms with van der Waals surface area (Å²) >= 11 is 0. The molecule has 0 heterocycles. The normalized spacial score (nSPS) is 12.2. The molecular weight excluding hydrogens is 232 g/mol. The van der Waals surface area contributed by atoms with E-state index >= 15 is 0 Å². The second kappa shape index (κ2) is 8.76. The second-order valence-electron chi connectivity index (χ2n) is 5.12. The van der Waals surface area contributed by atoms with Gasteiger partial charge in [-0.2, -0.15) is 0 Å². The summed E-state index contributed by atoms with van der Waals surface area (Å²) in [6.07, 6.45) is 5.41. The third kappa shape index (κ3) is 5.48. The number of rotatable bonds is 9. The third-order valence-corrected chi connectivity index (χ3v) is 3.44. The van der Waals surface area contributed by atoms with Crippen molar-refractivity contribution < 1.29 is 0 Å². The fourth-order valence-corrected chi connectivity index (χ4v) is 2.10. The summed E-state index contributed by atoms with van der Waals surface area (Å²) in [6, 6.07) is 9.32. The minimum absolute atomic E-state index is 0.431. The van der Waals surface area contributed by atoms with Crippen molar-refractivity contribution in [3.8, 4) is 0 Å². The Morgan fingerprint density at radius 1 is 1.32 bits per heavy atom. The van der Waals surface area contributed by atoms with E-state index in [1.807, 2.05) is 6.08 Å². The molecule has 0 aromatic heterocycles. The minimum atomic E-state index is 0.431. The zero-order valence-electron chi connectivity index (χ0n) is 12.7. The van der Waals surface area contributed by atoms with E-state index in [2.05, 4.69) is 62.0 Å². The van der Waals surface area contributed by atoms with E-state index in [0.717, 1.165) is 25.9 Å². The maximum absolute atomic E-state index is 3.76. The van der Waals surface area contributed by atoms with Gasteiger partial charge < -0.3 is 10.2 Å². The van der Waals surface area contributed by atoms with Gasteiger partial charge in [0, 0.05) is 25.3 Å². The van der Waals surface area contributed by atoms with Crippen LogP contribution in [-0.2, 0) is 0 Å². The summed E-state index contributed by atoms with van der Waals surface area (Å²) in [7, 11) is 2.15. The molecule has 1 rings (SSSR count). The Balaban J connectivity index is 2.52. The fraction of sp³-hybridized carbons (Fsp3) is 0.529. The van der Waals surface area contributed by atoms with Gasteiger partial charge in [-0.15, -0.1) is 6.58 Å². The van der Waals surface area contributed by atoms with E-state index in [1.54, 1.807) is 0 Å². The van der Waals surface area contributed by atoms with Crippen molar-refractivity contribution in [1.29, 1.82) is 0 Å². The van der Waals surface area contributed by atoms with Gasteiger partial charge in [0.15, 0.2) is 0 Å². The van der Waals surface area contributed by atoms with E-state index < -0.39 is 0 Å². The quantitative estimate of drug-likeness (QED) is 0.530. The van der Waals surface area contributed by atoms with Crippen LogP contribution in [0.4, 0.5) is 5.69 Å². The highest BCUT2D eigenvalue weighted by atomic mass is 15.1. The lowest BCUT2D eigenvalue weighted by Crippen LogP contribution is -2.20. The highest BCUT2D eigenvalue weighted by molar-refractivity contribution is 5.47. The first-order chi connectivity index (χ1) is 9.19. The average Bonchev–Trinajstić information content (AvgIpc) is 2.45. The first-order valence-electron chi connectivity index (χ1n) is 7.34. The topological polar surface area (TPSA) is 15.3 Å². The van der Waals surface area contributed by atoms with Gasteiger partial charge in [-0.05, 0) is 50.4 Å². The molecule has 0 spiro atoms. The Bertz CT molecular complexity index is 356. The number of hydrogen-bond acceptors (Lipinski definition) is 2. The van der Waals surface area contributed by atoms with Crippen molar-refractivity contribution in [2.75, 3.05) is 25.0 Å². The summed E-state index contributed by atoms with van der Waals surface area (Å²) in [4.78, 5) is 2.30. The molecule has 0 bridgehead atoms. The molecule has 2 nitrogen and oxygen atoms in total. The third-order valence-electron chi connectivity index (χ3n) is 3.44. The summed E-state index contributed by atoms with van der Waals surface area (Å²) in [5.41, 5.74) is 2.65. The predicted molar refractivity (Wildman–Crippen MR) is 85.9 cm³/mol. The molecule has 0 aliphatic heterocycles. The van der Waals surface area contributed by atoms with Crippen molar-refractivity contribution in [2.24, 2.45) is 0 Å². The molecular formula is C17H28N2. The van der Waals surface area contributed by atoms with Crippen molar-refractivity contribution in [2.45, 2.75) is 39.2 Å². The number of unbranched alkanes of at least 4 members (excludes halogenated alkanes) is 1. The van der Waals surface area contributed by atoms with Crippen LogP contribution in [0.5, 0.6) is 0 Å². The van der Waals surface area contributed by atoms with E-state index in [4.69, 9.17) is 0 Å². The van der Waals surface area contributed by atoms with Gasteiger partial charge >= 0.3 is 0 Å². The molecule has 0 radical (unpaired) electrons. The number of hydrogen-bond donors (Lipinski definition) is 1. The standard InChI is InChI=1S/C17H28N2/c1-5-7-8-14-19(4)17-11-9-16(10-12-17)15(3)18-13-6-2/h5,9-12,15,18H,1,6-8,13-14H2,2-4H3. The summed E-state index contributed by atoms with van der Waals surface area (Å²) in [5, 5.41) is 3.51. The number of nitrogens with zero attached hydrogens (tertiary/aromatic N) is 1. The monoisotopic (exact) mass is 260 g/mol. The Morgan fingerprint density at radius 3 is 2.58 bits per heavy atom. The highest BCUT2D eigenvalue weighted by Gasteiger charge is 2.05. The van der Waals surface area contributed by atoms with Gasteiger partial charge in [0.05, 0.1) is 0 Å². The molecule has 1 N–H and O–H groups in total. The molecule has 0 saturated heterocycles. The summed E-state index contributed by atoms with van der Waals surface area (Å²) < 4.78 is 0. The smallest absolute Gasteiger partial charge is 0.0363 e. The van der Waals surface area contributed by atoms with E-state index in [9.17, 15) is 0 Å². The molecule has 19 heavy (non-hydrogen) atoms. The van der Waals surface area contributed by atoms with Crippen LogP contribution in [0.2, 0.25) is 0 Å². The van der Waals surface area contributed by atoms with E-state index in [1.165, 1.54) is 17.7 Å². The molecule has 1 unspecified atom stereocenters. The molecule has 0 fully saturated rings. The minimum Gasteiger partial charge on any atom is -0.375 e. The molecule has 2 heteroatoms. The van der Waals surface area contributed by atoms with Gasteiger partial charge in [0.1, 0.15) is 0 Å². The first kappa shape index (κ1) is 15.8. The maximum Gasteiger partial charge on any atom is 0.0363 e. The highest BCUT2D eigenvalue weighted by Crippen LogP contribution is 2.18. The SMILES string of the molecule is C=CCCCN(C)c1ccc(C(C)NCCC)cc1. The molecule has 0 aliphatic carbocycles. The number of benzene rings is 1. The van der Waals surface area contributed by atoms with Crippen molar-refractivity contribution in [3.63, 3.8) is 0 Å². The molecule has 1 aromatic rings. The van der Waals surface area contributed by atoms with Crippen LogP contribution in [0.15, 0.2) is 36.9 Å². The molecule has 106 valence electrons. The summed E-state index contributed by atoms with van der Waals surface area (Å²) in [6.45, 7) is 10.3. The molecule has 0 amide bonds. The zero-order chi connectivity index (χ0) is 14.1. The van der Waals surface area contributed by atoms with E-state index in [-0.39, 0.29) is 0 Å². The van der Waals surface area contributed by atoms with E-state index in [0.29, 0.717) is 6.04 Å². The lowest BCUT2D eigenvalue weighted by atomic mass is 10.1. The lowest BCUT2D eigenvalue weighted by molar-refractivity contribution is 0.570. The molecule has 0 saturated carbocycles. The van der Waals surface area contributed by atoms with Crippen LogP contribution in [-0.4, -0.2) is 20.1 Å². The number of anilines is 1. The molecule has 1 atom stereocenters. The lowest BCUT2D eigenvalue weighted by Gasteiger charge is -2.20. The number of nitrogens with one attached hydrogen (secondary N) is 1. The zero-order valence-corrected chi connectivity index (χ0v) is 12.7. The van der Waals surface area contributed by atoms with Gasteiger partial charge in [-0.1, -0.05) is 25.1 Å². The van der Waals surface area contributed by atoms with Crippen LogP contribution in [0.25, 0.3) is 0 Å². The largest absolute Gasteiger partial charge is 0.375 e. The van der Waals surface area contributed by atoms with Crippen molar-refractivity contribution in [3.05, 3.63) is 42.5 Å².